The van der Waals surface area contributed by atoms with Crippen molar-refractivity contribution >= 4 is 23.3 Å². The smallest absolute Gasteiger partial charge is 0.280 e. The molecule has 10 heteroatoms. The van der Waals surface area contributed by atoms with E-state index in [0.29, 0.717) is 64.4 Å². The van der Waals surface area contributed by atoms with Crippen molar-refractivity contribution in [3.05, 3.63) is 86.4 Å². The van der Waals surface area contributed by atoms with Crippen molar-refractivity contribution in [2.75, 3.05) is 20.2 Å². The maximum absolute atomic E-state index is 14.5. The van der Waals surface area contributed by atoms with Crippen LogP contribution in [0.3, 0.4) is 0 Å². The third-order valence-corrected chi connectivity index (χ3v) is 8.67. The molecule has 0 spiro atoms. The highest BCUT2D eigenvalue weighted by molar-refractivity contribution is 7.13. The number of pyridine rings is 2. The quantitative estimate of drug-likeness (QED) is 0.201. The Kier molecular flexibility index (Phi) is 9.39. The molecule has 0 radical (unpaired) electrons. The second-order valence-corrected chi connectivity index (χ2v) is 12.2. The van der Waals surface area contributed by atoms with Gasteiger partial charge in [0.05, 0.1) is 35.3 Å². The van der Waals surface area contributed by atoms with E-state index in [0.717, 1.165) is 24.0 Å². The molecule has 0 aliphatic carbocycles. The molecule has 1 atom stereocenters. The number of hydrogen-bond donors (Lipinski definition) is 0. The van der Waals surface area contributed by atoms with Crippen LogP contribution < -0.4 is 10.3 Å². The number of aryl methyl sites for hydroxylation is 1. The Bertz CT molecular complexity index is 1760. The number of thiazole rings is 1. The van der Waals surface area contributed by atoms with Crippen LogP contribution in [-0.2, 0) is 6.42 Å². The lowest BCUT2D eigenvalue weighted by Crippen LogP contribution is -2.40. The lowest BCUT2D eigenvalue weighted by molar-refractivity contribution is 0.0682. The number of piperidine rings is 1. The molecule has 5 rings (SSSR count). The third-order valence-electron chi connectivity index (χ3n) is 7.79. The molecule has 4 heterocycles. The van der Waals surface area contributed by atoms with E-state index < -0.39 is 6.43 Å². The van der Waals surface area contributed by atoms with E-state index in [1.54, 1.807) is 29.2 Å². The van der Waals surface area contributed by atoms with Crippen molar-refractivity contribution < 1.29 is 18.3 Å². The molecule has 0 saturated carbocycles. The number of likely N-dealkylation sites (tertiary alicyclic amines) is 1. The molecule has 0 unspecified atom stereocenters. The van der Waals surface area contributed by atoms with Crippen LogP contribution in [0.25, 0.3) is 33.6 Å². The van der Waals surface area contributed by atoms with Gasteiger partial charge in [-0.2, -0.15) is 0 Å². The summed E-state index contributed by atoms with van der Waals surface area (Å²) in [6, 6.07) is 10.1. The zero-order chi connectivity index (χ0) is 31.5. The van der Waals surface area contributed by atoms with Crippen LogP contribution in [0.5, 0.6) is 5.75 Å². The molecule has 44 heavy (non-hydrogen) atoms. The van der Waals surface area contributed by atoms with Gasteiger partial charge < -0.3 is 9.64 Å². The second-order valence-electron chi connectivity index (χ2n) is 11.4. The third kappa shape index (κ3) is 6.36. The molecule has 1 fully saturated rings. The molecule has 1 aromatic carbocycles. The minimum absolute atomic E-state index is 0.136. The van der Waals surface area contributed by atoms with Crippen LogP contribution in [0, 0.1) is 5.92 Å². The van der Waals surface area contributed by atoms with Gasteiger partial charge in [-0.15, -0.1) is 11.3 Å². The molecule has 1 aliphatic rings. The molecule has 1 amide bonds. The maximum Gasteiger partial charge on any atom is 0.280 e. The molecule has 0 N–H and O–H groups in total. The number of halogens is 2. The van der Waals surface area contributed by atoms with Gasteiger partial charge in [0.25, 0.3) is 17.9 Å². The van der Waals surface area contributed by atoms with Gasteiger partial charge in [0, 0.05) is 36.3 Å². The number of hydrogen-bond acceptors (Lipinski definition) is 6. The van der Waals surface area contributed by atoms with E-state index in [4.69, 9.17) is 9.72 Å². The number of amides is 1. The largest absolute Gasteiger partial charge is 0.497 e. The summed E-state index contributed by atoms with van der Waals surface area (Å²) in [7, 11) is 1.58. The van der Waals surface area contributed by atoms with Crippen LogP contribution in [0.4, 0.5) is 8.78 Å². The molecule has 7 nitrogen and oxygen atoms in total. The molecule has 1 aliphatic heterocycles. The van der Waals surface area contributed by atoms with Crippen LogP contribution in [0.15, 0.2) is 58.3 Å². The molecule has 1 saturated heterocycles. The van der Waals surface area contributed by atoms with Gasteiger partial charge in [-0.25, -0.2) is 13.8 Å². The zero-order valence-electron chi connectivity index (χ0n) is 25.6. The number of rotatable bonds is 8. The number of carbonyl (C=O) groups is 1. The first kappa shape index (κ1) is 31.3. The Morgan fingerprint density at radius 1 is 1.20 bits per heavy atom. The van der Waals surface area contributed by atoms with Crippen molar-refractivity contribution in [2.24, 2.45) is 5.92 Å². The Morgan fingerprint density at radius 2 is 2.00 bits per heavy atom. The van der Waals surface area contributed by atoms with Crippen LogP contribution in [0.1, 0.15) is 74.3 Å². The number of methoxy groups -OCH3 is 1. The zero-order valence-corrected chi connectivity index (χ0v) is 26.4. The number of aromatic nitrogens is 3. The van der Waals surface area contributed by atoms with Crippen molar-refractivity contribution in [1.29, 1.82) is 0 Å². The standard InChI is InChI=1S/C34H36F2N4O3S/c1-6-22-9-11-24(43-5)15-29(22)40-30(14-20(2)3)25(33(41)39-13-7-8-21(4)18-39)16-26(34(40)42)32-38-28(19-44-32)23-10-12-27(31(35)36)37-17-23/h9-12,14-17,19,21,31H,6-8,13,18H2,1-5H3/t21-/m1/s1. The van der Waals surface area contributed by atoms with Gasteiger partial charge in [0.2, 0.25) is 0 Å². The lowest BCUT2D eigenvalue weighted by Gasteiger charge is -2.32. The first-order chi connectivity index (χ1) is 21.1. The average molecular weight is 619 g/mol. The normalized spacial score (nSPS) is 15.0. The van der Waals surface area contributed by atoms with Crippen molar-refractivity contribution in [3.63, 3.8) is 0 Å². The van der Waals surface area contributed by atoms with E-state index >= 15 is 0 Å². The van der Waals surface area contributed by atoms with Crippen LogP contribution in [0.2, 0.25) is 0 Å². The summed E-state index contributed by atoms with van der Waals surface area (Å²) in [5.41, 5.74) is 4.11. The highest BCUT2D eigenvalue weighted by atomic mass is 32.1. The highest BCUT2D eigenvalue weighted by Gasteiger charge is 2.28. The van der Waals surface area contributed by atoms with Gasteiger partial charge in [-0.1, -0.05) is 25.5 Å². The highest BCUT2D eigenvalue weighted by Crippen LogP contribution is 2.32. The fourth-order valence-electron chi connectivity index (χ4n) is 5.55. The summed E-state index contributed by atoms with van der Waals surface area (Å²) >= 11 is 1.25. The van der Waals surface area contributed by atoms with Crippen molar-refractivity contribution in [3.8, 4) is 33.3 Å². The summed E-state index contributed by atoms with van der Waals surface area (Å²) in [5, 5.41) is 2.18. The van der Waals surface area contributed by atoms with Crippen LogP contribution in [-0.4, -0.2) is 45.5 Å². The average Bonchev–Trinajstić information content (AvgIpc) is 3.50. The van der Waals surface area contributed by atoms with E-state index in [2.05, 4.69) is 11.9 Å². The number of benzene rings is 1. The maximum atomic E-state index is 14.5. The van der Waals surface area contributed by atoms with Gasteiger partial charge >= 0.3 is 0 Å². The summed E-state index contributed by atoms with van der Waals surface area (Å²) in [4.78, 5) is 39.3. The molecular formula is C34H36F2N4O3S. The Labute approximate surface area is 259 Å². The van der Waals surface area contributed by atoms with E-state index in [-0.39, 0.29) is 22.7 Å². The minimum Gasteiger partial charge on any atom is -0.497 e. The lowest BCUT2D eigenvalue weighted by atomic mass is 9.98. The van der Waals surface area contributed by atoms with Crippen LogP contribution >= 0.6 is 11.3 Å². The molecule has 3 aromatic heterocycles. The predicted octanol–water partition coefficient (Wildman–Crippen LogP) is 7.83. The van der Waals surface area contributed by atoms with E-state index in [9.17, 15) is 18.4 Å². The minimum atomic E-state index is -2.67. The van der Waals surface area contributed by atoms with Gasteiger partial charge in [-0.05, 0) is 74.9 Å². The summed E-state index contributed by atoms with van der Waals surface area (Å²) < 4.78 is 33.3. The monoisotopic (exact) mass is 618 g/mol. The summed E-state index contributed by atoms with van der Waals surface area (Å²) in [5.74, 6) is 0.830. The number of allylic oxidation sites excluding steroid dienone is 1. The van der Waals surface area contributed by atoms with E-state index in [1.165, 1.54) is 23.6 Å². The Balaban J connectivity index is 1.77. The summed E-state index contributed by atoms with van der Waals surface area (Å²) in [6.07, 6.45) is 3.20. The van der Waals surface area contributed by atoms with Crippen molar-refractivity contribution in [2.45, 2.75) is 53.4 Å². The SMILES string of the molecule is CCc1ccc(OC)cc1-n1c(C=C(C)C)c(C(=O)N2CCC[C@@H](C)C2)cc(-c2nc(-c3ccc(C(F)F)nc3)cs2)c1=O. The Morgan fingerprint density at radius 3 is 2.64 bits per heavy atom. The fraction of sp³-hybridized carbons (Fsp3) is 0.353. The number of carbonyl (C=O) groups excluding carboxylic acids is 1. The second kappa shape index (κ2) is 13.2. The van der Waals surface area contributed by atoms with Crippen molar-refractivity contribution in [1.82, 2.24) is 19.4 Å². The molecule has 230 valence electrons. The molecular weight excluding hydrogens is 582 g/mol. The molecule has 4 aromatic rings. The number of ether oxygens (including phenoxy) is 1. The first-order valence-corrected chi connectivity index (χ1v) is 15.6. The topological polar surface area (TPSA) is 77.3 Å². The number of nitrogens with zero attached hydrogens (tertiary/aromatic N) is 4. The van der Waals surface area contributed by atoms with Gasteiger partial charge in [0.1, 0.15) is 16.5 Å². The molecule has 0 bridgehead atoms. The van der Waals surface area contributed by atoms with Gasteiger partial charge in [0.15, 0.2) is 0 Å². The summed E-state index contributed by atoms with van der Waals surface area (Å²) in [6.45, 7) is 9.33. The number of alkyl halides is 2. The first-order valence-electron chi connectivity index (χ1n) is 14.7. The Hall–Kier alpha value is -4.18. The predicted molar refractivity (Wildman–Crippen MR) is 171 cm³/mol. The fourth-order valence-corrected chi connectivity index (χ4v) is 6.38. The van der Waals surface area contributed by atoms with E-state index in [1.807, 2.05) is 49.9 Å². The van der Waals surface area contributed by atoms with Gasteiger partial charge in [-0.3, -0.25) is 19.1 Å².